The highest BCUT2D eigenvalue weighted by Gasteiger charge is 2.21. The van der Waals surface area contributed by atoms with Crippen molar-refractivity contribution in [3.63, 3.8) is 0 Å². The van der Waals surface area contributed by atoms with Gasteiger partial charge >= 0.3 is 15.2 Å². The first kappa shape index (κ1) is 5.74. The molecule has 0 aromatic rings. The molecular weight excluding hydrogens is 119 g/mol. The third-order valence-electron chi connectivity index (χ3n) is 1.15. The van der Waals surface area contributed by atoms with Crippen molar-refractivity contribution in [3.05, 3.63) is 11.6 Å². The SMILES string of the molecule is CC1=C[C](=O)[AlH][C]1=O. The van der Waals surface area contributed by atoms with E-state index >= 15 is 0 Å². The van der Waals surface area contributed by atoms with Crippen LogP contribution in [0.4, 0.5) is 0 Å². The first-order valence-electron chi connectivity index (χ1n) is 2.44. The van der Waals surface area contributed by atoms with Gasteiger partial charge in [0.05, 0.1) is 9.29 Å². The molecule has 0 aliphatic carbocycles. The molecule has 0 aromatic heterocycles. The van der Waals surface area contributed by atoms with Gasteiger partial charge in [0.1, 0.15) is 0 Å². The number of hydrogen-bond donors (Lipinski definition) is 0. The van der Waals surface area contributed by atoms with E-state index in [1.54, 1.807) is 6.92 Å². The van der Waals surface area contributed by atoms with Gasteiger partial charge in [-0.15, -0.1) is 0 Å². The van der Waals surface area contributed by atoms with Crippen LogP contribution >= 0.6 is 0 Å². The van der Waals surface area contributed by atoms with E-state index in [0.717, 1.165) is 0 Å². The maximum atomic E-state index is 10.6. The van der Waals surface area contributed by atoms with E-state index in [0.29, 0.717) is 5.57 Å². The maximum absolute atomic E-state index is 10.6. The number of hydrogen-bond acceptors (Lipinski definition) is 2. The molecule has 1 rings (SSSR count). The minimum absolute atomic E-state index is 0.0764. The summed E-state index contributed by atoms with van der Waals surface area (Å²) in [4.78, 5) is 21.0. The summed E-state index contributed by atoms with van der Waals surface area (Å²) >= 11 is -1.03. The standard InChI is InChI=1S/C5H4O2.Al.H/c1-5(4-7)2-3-6;;/h2H,1H3;;. The molecule has 2 nitrogen and oxygen atoms in total. The second kappa shape index (κ2) is 1.85. The van der Waals surface area contributed by atoms with Crippen molar-refractivity contribution in [2.24, 2.45) is 0 Å². The van der Waals surface area contributed by atoms with Crippen LogP contribution in [0, 0.1) is 0 Å². The second-order valence-electron chi connectivity index (χ2n) is 1.89. The Morgan fingerprint density at radius 1 is 1.50 bits per heavy atom. The average Bonchev–Trinajstić information content (AvgIpc) is 1.85. The maximum Gasteiger partial charge on any atom is 0.454 e. The van der Waals surface area contributed by atoms with Gasteiger partial charge in [-0.25, -0.2) is 0 Å². The zero-order chi connectivity index (χ0) is 6.15. The molecule has 0 fully saturated rings. The van der Waals surface area contributed by atoms with Gasteiger partial charge in [-0.1, -0.05) is 0 Å². The molecule has 40 valence electrons. The summed E-state index contributed by atoms with van der Waals surface area (Å²) in [6.07, 6.45) is 1.45. The summed E-state index contributed by atoms with van der Waals surface area (Å²) in [7, 11) is 0. The molecule has 0 spiro atoms. The molecule has 0 saturated heterocycles. The quantitative estimate of drug-likeness (QED) is 0.405. The molecule has 1 heterocycles. The van der Waals surface area contributed by atoms with Crippen molar-refractivity contribution in [2.75, 3.05) is 0 Å². The zero-order valence-electron chi connectivity index (χ0n) is 4.60. The van der Waals surface area contributed by atoms with Crippen LogP contribution in [0.25, 0.3) is 0 Å². The third-order valence-corrected chi connectivity index (χ3v) is 2.58. The summed E-state index contributed by atoms with van der Waals surface area (Å²) in [5.41, 5.74) is 0.654. The smallest absolute Gasteiger partial charge is 0.316 e. The minimum Gasteiger partial charge on any atom is -0.316 e. The number of carbonyl (C=O) groups excluding carboxylic acids is 2. The van der Waals surface area contributed by atoms with Crippen molar-refractivity contribution in [3.8, 4) is 0 Å². The van der Waals surface area contributed by atoms with Gasteiger partial charge in [-0.2, -0.15) is 0 Å². The van der Waals surface area contributed by atoms with E-state index in [4.69, 9.17) is 0 Å². The normalized spacial score (nSPS) is 18.4. The number of rotatable bonds is 0. The van der Waals surface area contributed by atoms with E-state index in [2.05, 4.69) is 0 Å². The Morgan fingerprint density at radius 2 is 2.12 bits per heavy atom. The molecule has 0 bridgehead atoms. The highest BCUT2D eigenvalue weighted by molar-refractivity contribution is 7.03. The predicted molar refractivity (Wildman–Crippen MR) is 30.9 cm³/mol. The van der Waals surface area contributed by atoms with Gasteiger partial charge < -0.3 is 9.59 Å². The van der Waals surface area contributed by atoms with Crippen molar-refractivity contribution in [2.45, 2.75) is 6.92 Å². The van der Waals surface area contributed by atoms with Crippen LogP contribution in [-0.4, -0.2) is 24.5 Å². The molecule has 3 heteroatoms. The van der Waals surface area contributed by atoms with Crippen LogP contribution in [0.1, 0.15) is 6.92 Å². The van der Waals surface area contributed by atoms with Gasteiger partial charge in [0.25, 0.3) is 0 Å². The van der Waals surface area contributed by atoms with Crippen LogP contribution in [0.15, 0.2) is 11.6 Å². The Labute approximate surface area is 53.3 Å². The molecule has 0 atom stereocenters. The minimum atomic E-state index is -1.03. The fraction of sp³-hybridized carbons (Fsp3) is 0.200. The first-order chi connectivity index (χ1) is 3.70. The lowest BCUT2D eigenvalue weighted by molar-refractivity contribution is -0.109. The van der Waals surface area contributed by atoms with E-state index in [-0.39, 0.29) is 9.29 Å². The first-order valence-corrected chi connectivity index (χ1v) is 3.86. The molecular formula is C5H5AlO2. The van der Waals surface area contributed by atoms with Gasteiger partial charge in [-0.3, -0.25) is 0 Å². The van der Waals surface area contributed by atoms with Gasteiger partial charge in [0, 0.05) is 0 Å². The molecule has 0 amide bonds. The Hall–Kier alpha value is -0.388. The van der Waals surface area contributed by atoms with Gasteiger partial charge in [-0.05, 0) is 18.6 Å². The van der Waals surface area contributed by atoms with Crippen LogP contribution in [0.5, 0.6) is 0 Å². The fourth-order valence-electron chi connectivity index (χ4n) is 0.671. The predicted octanol–water partition coefficient (Wildman–Crippen LogP) is -0.564. The van der Waals surface area contributed by atoms with E-state index < -0.39 is 15.2 Å². The van der Waals surface area contributed by atoms with E-state index in [9.17, 15) is 9.59 Å². The van der Waals surface area contributed by atoms with Crippen LogP contribution in [-0.2, 0) is 9.59 Å². The molecule has 0 saturated carbocycles. The summed E-state index contributed by atoms with van der Waals surface area (Å²) in [5, 5.41) is 0. The van der Waals surface area contributed by atoms with Gasteiger partial charge in [0.2, 0.25) is 0 Å². The van der Waals surface area contributed by atoms with Crippen LogP contribution in [0.3, 0.4) is 0 Å². The molecule has 8 heavy (non-hydrogen) atoms. The van der Waals surface area contributed by atoms with Crippen LogP contribution in [0.2, 0.25) is 0 Å². The lowest BCUT2D eigenvalue weighted by atomic mass is 10.3. The van der Waals surface area contributed by atoms with E-state index in [1.165, 1.54) is 6.08 Å². The Morgan fingerprint density at radius 3 is 2.25 bits per heavy atom. The third kappa shape index (κ3) is 0.885. The van der Waals surface area contributed by atoms with Crippen molar-refractivity contribution in [1.82, 2.24) is 0 Å². The lowest BCUT2D eigenvalue weighted by Crippen LogP contribution is -2.09. The molecule has 0 N–H and O–H groups in total. The lowest BCUT2D eigenvalue weighted by Gasteiger charge is -1.79. The molecule has 0 radical (unpaired) electrons. The van der Waals surface area contributed by atoms with Crippen molar-refractivity contribution in [1.29, 1.82) is 0 Å². The van der Waals surface area contributed by atoms with Gasteiger partial charge in [0.15, 0.2) is 0 Å². The fourth-order valence-corrected chi connectivity index (χ4v) is 1.78. The van der Waals surface area contributed by atoms with Crippen LogP contribution < -0.4 is 0 Å². The highest BCUT2D eigenvalue weighted by atomic mass is 27.1. The monoisotopic (exact) mass is 124 g/mol. The highest BCUT2D eigenvalue weighted by Crippen LogP contribution is 2.00. The van der Waals surface area contributed by atoms with Crippen molar-refractivity contribution < 1.29 is 9.59 Å². The molecule has 1 aliphatic rings. The Kier molecular flexibility index (Phi) is 1.33. The zero-order valence-corrected chi connectivity index (χ0v) is 6.02. The number of carbonyl (C=O) groups is 2. The molecule has 0 aromatic carbocycles. The Balaban J connectivity index is 2.88. The topological polar surface area (TPSA) is 34.1 Å². The number of allylic oxidation sites excluding steroid dienone is 2. The summed E-state index contributed by atoms with van der Waals surface area (Å²) in [5.74, 6) is 0. The largest absolute Gasteiger partial charge is 0.454 e. The molecule has 1 aliphatic heterocycles. The Bertz CT molecular complexity index is 181. The van der Waals surface area contributed by atoms with E-state index in [1.807, 2.05) is 0 Å². The summed E-state index contributed by atoms with van der Waals surface area (Å²) in [6.45, 7) is 1.69. The summed E-state index contributed by atoms with van der Waals surface area (Å²) < 4.78 is 0.183. The van der Waals surface area contributed by atoms with Crippen molar-refractivity contribution >= 4 is 24.5 Å². The second-order valence-corrected chi connectivity index (χ2v) is 3.59. The molecule has 0 unspecified atom stereocenters. The average molecular weight is 124 g/mol. The summed E-state index contributed by atoms with van der Waals surface area (Å²) in [6, 6.07) is 0.